The molecule has 0 aromatic carbocycles. The lowest BCUT2D eigenvalue weighted by Crippen LogP contribution is -2.25. The van der Waals surface area contributed by atoms with Crippen LogP contribution in [-0.4, -0.2) is 42.9 Å². The molecule has 16 heavy (non-hydrogen) atoms. The van der Waals surface area contributed by atoms with Crippen molar-refractivity contribution in [1.29, 1.82) is 0 Å². The second-order valence-electron chi connectivity index (χ2n) is 2.97. The van der Waals surface area contributed by atoms with Crippen molar-refractivity contribution in [2.24, 2.45) is 0 Å². The van der Waals surface area contributed by atoms with Crippen molar-refractivity contribution >= 4 is 22.4 Å². The zero-order valence-electron chi connectivity index (χ0n) is 9.45. The topological polar surface area (TPSA) is 76.1 Å². The second-order valence-corrected chi connectivity index (χ2v) is 3.95. The Balaban J connectivity index is 2.24. The molecule has 0 aliphatic heterocycles. The summed E-state index contributed by atoms with van der Waals surface area (Å²) >= 11 is 1.23. The Morgan fingerprint density at radius 3 is 2.94 bits per heavy atom. The second kappa shape index (κ2) is 7.13. The molecule has 0 radical (unpaired) electrons. The standard InChI is InChI=1S/C9H16N4O2S/c1-3-15-6-4-5-11-7(14)8-12-13-9(10-2)16-8/h3-6H2,1-2H3,(H,10,13)(H,11,14). The first-order valence-corrected chi connectivity index (χ1v) is 5.96. The quantitative estimate of drug-likeness (QED) is 0.692. The van der Waals surface area contributed by atoms with Crippen molar-refractivity contribution in [3.05, 3.63) is 5.01 Å². The molecule has 0 bridgehead atoms. The van der Waals surface area contributed by atoms with Gasteiger partial charge in [0.25, 0.3) is 5.91 Å². The first kappa shape index (κ1) is 12.9. The summed E-state index contributed by atoms with van der Waals surface area (Å²) in [6.07, 6.45) is 0.803. The van der Waals surface area contributed by atoms with Gasteiger partial charge in [0.1, 0.15) is 0 Å². The van der Waals surface area contributed by atoms with Crippen LogP contribution in [0.25, 0.3) is 0 Å². The fourth-order valence-electron chi connectivity index (χ4n) is 1.01. The van der Waals surface area contributed by atoms with E-state index >= 15 is 0 Å². The highest BCUT2D eigenvalue weighted by Crippen LogP contribution is 2.13. The van der Waals surface area contributed by atoms with E-state index in [9.17, 15) is 4.79 Å². The predicted molar refractivity (Wildman–Crippen MR) is 62.9 cm³/mol. The van der Waals surface area contributed by atoms with Gasteiger partial charge in [-0.2, -0.15) is 0 Å². The average molecular weight is 244 g/mol. The molecule has 6 nitrogen and oxygen atoms in total. The van der Waals surface area contributed by atoms with Crippen LogP contribution in [0.3, 0.4) is 0 Å². The fraction of sp³-hybridized carbons (Fsp3) is 0.667. The summed E-state index contributed by atoms with van der Waals surface area (Å²) < 4.78 is 5.16. The van der Waals surface area contributed by atoms with Gasteiger partial charge in [-0.15, -0.1) is 10.2 Å². The molecule has 0 saturated carbocycles. The van der Waals surface area contributed by atoms with Gasteiger partial charge in [-0.25, -0.2) is 0 Å². The summed E-state index contributed by atoms with van der Waals surface area (Å²) in [6, 6.07) is 0. The summed E-state index contributed by atoms with van der Waals surface area (Å²) in [5, 5.41) is 14.2. The minimum absolute atomic E-state index is 0.185. The molecule has 1 heterocycles. The number of amides is 1. The number of carbonyl (C=O) groups is 1. The van der Waals surface area contributed by atoms with Crippen molar-refractivity contribution in [1.82, 2.24) is 15.5 Å². The molecule has 2 N–H and O–H groups in total. The van der Waals surface area contributed by atoms with Gasteiger partial charge in [0, 0.05) is 26.8 Å². The number of nitrogens with zero attached hydrogens (tertiary/aromatic N) is 2. The van der Waals surface area contributed by atoms with Crippen LogP contribution in [-0.2, 0) is 4.74 Å². The summed E-state index contributed by atoms with van der Waals surface area (Å²) in [7, 11) is 1.74. The summed E-state index contributed by atoms with van der Waals surface area (Å²) in [6.45, 7) is 3.90. The largest absolute Gasteiger partial charge is 0.382 e. The van der Waals surface area contributed by atoms with E-state index in [1.54, 1.807) is 7.05 Å². The number of hydrogen-bond acceptors (Lipinski definition) is 6. The van der Waals surface area contributed by atoms with Gasteiger partial charge in [-0.1, -0.05) is 11.3 Å². The Kier molecular flexibility index (Phi) is 5.73. The van der Waals surface area contributed by atoms with Crippen molar-refractivity contribution in [3.8, 4) is 0 Å². The van der Waals surface area contributed by atoms with Gasteiger partial charge in [0.2, 0.25) is 10.1 Å². The van der Waals surface area contributed by atoms with Crippen molar-refractivity contribution in [2.45, 2.75) is 13.3 Å². The van der Waals surface area contributed by atoms with E-state index < -0.39 is 0 Å². The molecule has 0 aliphatic carbocycles. The minimum Gasteiger partial charge on any atom is -0.382 e. The van der Waals surface area contributed by atoms with Crippen LogP contribution in [0.5, 0.6) is 0 Å². The van der Waals surface area contributed by atoms with Gasteiger partial charge >= 0.3 is 0 Å². The molecule has 1 amide bonds. The number of aromatic nitrogens is 2. The lowest BCUT2D eigenvalue weighted by atomic mass is 10.4. The van der Waals surface area contributed by atoms with Crippen molar-refractivity contribution < 1.29 is 9.53 Å². The van der Waals surface area contributed by atoms with Crippen LogP contribution in [0.1, 0.15) is 23.1 Å². The molecule has 7 heteroatoms. The van der Waals surface area contributed by atoms with Crippen molar-refractivity contribution in [2.75, 3.05) is 32.1 Å². The molecule has 0 spiro atoms. The van der Waals surface area contributed by atoms with E-state index in [2.05, 4.69) is 20.8 Å². The van der Waals surface area contributed by atoms with E-state index in [0.29, 0.717) is 29.9 Å². The van der Waals surface area contributed by atoms with Crippen LogP contribution in [0.4, 0.5) is 5.13 Å². The van der Waals surface area contributed by atoms with Crippen molar-refractivity contribution in [3.63, 3.8) is 0 Å². The first-order chi connectivity index (χ1) is 7.77. The Morgan fingerprint density at radius 2 is 2.31 bits per heavy atom. The lowest BCUT2D eigenvalue weighted by molar-refractivity contribution is 0.0943. The Labute approximate surface area is 98.4 Å². The number of nitrogens with one attached hydrogen (secondary N) is 2. The zero-order chi connectivity index (χ0) is 11.8. The van der Waals surface area contributed by atoms with Gasteiger partial charge < -0.3 is 15.4 Å². The fourth-order valence-corrected chi connectivity index (χ4v) is 1.63. The maximum Gasteiger partial charge on any atom is 0.282 e. The third-order valence-electron chi connectivity index (χ3n) is 1.79. The van der Waals surface area contributed by atoms with Crippen LogP contribution in [0.2, 0.25) is 0 Å². The Morgan fingerprint density at radius 1 is 1.50 bits per heavy atom. The Bertz CT molecular complexity index is 329. The number of ether oxygens (including phenoxy) is 1. The number of rotatable bonds is 7. The van der Waals surface area contributed by atoms with E-state index in [4.69, 9.17) is 4.74 Å². The van der Waals surface area contributed by atoms with Gasteiger partial charge in [0.05, 0.1) is 0 Å². The van der Waals surface area contributed by atoms with Gasteiger partial charge in [-0.3, -0.25) is 4.79 Å². The minimum atomic E-state index is -0.185. The molecule has 90 valence electrons. The maximum atomic E-state index is 11.5. The third kappa shape index (κ3) is 4.11. The summed E-state index contributed by atoms with van der Waals surface area (Å²) in [5.41, 5.74) is 0. The zero-order valence-corrected chi connectivity index (χ0v) is 10.3. The van der Waals surface area contributed by atoms with Gasteiger partial charge in [-0.05, 0) is 13.3 Å². The van der Waals surface area contributed by atoms with E-state index in [-0.39, 0.29) is 5.91 Å². The highest BCUT2D eigenvalue weighted by Gasteiger charge is 2.10. The molecule has 1 rings (SSSR count). The lowest BCUT2D eigenvalue weighted by Gasteiger charge is -2.02. The summed E-state index contributed by atoms with van der Waals surface area (Å²) in [5.74, 6) is -0.185. The molecular formula is C9H16N4O2S. The highest BCUT2D eigenvalue weighted by molar-refractivity contribution is 7.17. The third-order valence-corrected chi connectivity index (χ3v) is 2.73. The van der Waals surface area contributed by atoms with Crippen LogP contribution < -0.4 is 10.6 Å². The first-order valence-electron chi connectivity index (χ1n) is 5.15. The van der Waals surface area contributed by atoms with E-state index in [0.717, 1.165) is 6.42 Å². The van der Waals surface area contributed by atoms with Crippen LogP contribution >= 0.6 is 11.3 Å². The molecule has 0 fully saturated rings. The number of hydrogen-bond donors (Lipinski definition) is 2. The molecule has 0 atom stereocenters. The highest BCUT2D eigenvalue weighted by atomic mass is 32.1. The predicted octanol–water partition coefficient (Wildman–Crippen LogP) is 0.736. The number of carbonyl (C=O) groups excluding carboxylic acids is 1. The summed E-state index contributed by atoms with van der Waals surface area (Å²) in [4.78, 5) is 11.5. The van der Waals surface area contributed by atoms with E-state index in [1.807, 2.05) is 6.92 Å². The van der Waals surface area contributed by atoms with Crippen LogP contribution in [0, 0.1) is 0 Å². The monoisotopic (exact) mass is 244 g/mol. The molecule has 0 saturated heterocycles. The SMILES string of the molecule is CCOCCCNC(=O)c1nnc(NC)s1. The molecular weight excluding hydrogens is 228 g/mol. The normalized spacial score (nSPS) is 10.1. The number of anilines is 1. The van der Waals surface area contributed by atoms with Crippen LogP contribution in [0.15, 0.2) is 0 Å². The molecule has 0 unspecified atom stereocenters. The van der Waals surface area contributed by atoms with E-state index in [1.165, 1.54) is 11.3 Å². The smallest absolute Gasteiger partial charge is 0.282 e. The molecule has 1 aromatic heterocycles. The maximum absolute atomic E-state index is 11.5. The average Bonchev–Trinajstić information content (AvgIpc) is 2.77. The molecule has 0 aliphatic rings. The Hall–Kier alpha value is -1.21. The molecule has 1 aromatic rings. The van der Waals surface area contributed by atoms with Gasteiger partial charge in [0.15, 0.2) is 0 Å².